The number of rotatable bonds is 10. The predicted molar refractivity (Wildman–Crippen MR) is 87.1 cm³/mol. The van der Waals surface area contributed by atoms with Gasteiger partial charge in [0.05, 0.1) is 17.4 Å². The molecule has 0 aliphatic heterocycles. The summed E-state index contributed by atoms with van der Waals surface area (Å²) in [7, 11) is 0. The van der Waals surface area contributed by atoms with E-state index in [9.17, 15) is 14.4 Å². The Morgan fingerprint density at radius 1 is 1.18 bits per heavy atom. The molecule has 1 aromatic carbocycles. The fraction of sp³-hybridized carbons (Fsp3) is 0.438. The van der Waals surface area contributed by atoms with Gasteiger partial charge in [-0.25, -0.2) is 0 Å². The molecule has 0 spiro atoms. The molecule has 6 heteroatoms. The highest BCUT2D eigenvalue weighted by molar-refractivity contribution is 8.00. The lowest BCUT2D eigenvalue weighted by Crippen LogP contribution is -2.34. The first kappa shape index (κ1) is 18.2. The number of benzene rings is 1. The minimum Gasteiger partial charge on any atom is -0.481 e. The normalized spacial score (nSPS) is 11.7. The molecule has 120 valence electrons. The van der Waals surface area contributed by atoms with E-state index in [0.717, 1.165) is 6.42 Å². The maximum absolute atomic E-state index is 11.8. The number of hydrogen-bond acceptors (Lipinski definition) is 4. The van der Waals surface area contributed by atoms with Crippen molar-refractivity contribution in [2.75, 3.05) is 18.1 Å². The Morgan fingerprint density at radius 2 is 1.86 bits per heavy atom. The molecule has 1 atom stereocenters. The summed E-state index contributed by atoms with van der Waals surface area (Å²) in [6.45, 7) is 2.04. The number of amides is 1. The molecule has 0 aliphatic rings. The maximum Gasteiger partial charge on any atom is 0.308 e. The van der Waals surface area contributed by atoms with E-state index in [1.165, 1.54) is 11.8 Å². The van der Waals surface area contributed by atoms with Gasteiger partial charge in [-0.2, -0.15) is 0 Å². The molecule has 0 bridgehead atoms. The molecule has 0 heterocycles. The SMILES string of the molecule is CCCC(CNC(=O)CSCC(=O)c1ccccc1)C(=O)O. The van der Waals surface area contributed by atoms with Gasteiger partial charge in [0.2, 0.25) is 5.91 Å². The van der Waals surface area contributed by atoms with Gasteiger partial charge in [-0.05, 0) is 6.42 Å². The first-order valence-corrected chi connectivity index (χ1v) is 8.35. The maximum atomic E-state index is 11.8. The van der Waals surface area contributed by atoms with Crippen molar-refractivity contribution < 1.29 is 19.5 Å². The van der Waals surface area contributed by atoms with Gasteiger partial charge in [0.25, 0.3) is 0 Å². The first-order chi connectivity index (χ1) is 10.5. The molecule has 1 rings (SSSR count). The lowest BCUT2D eigenvalue weighted by Gasteiger charge is -2.12. The van der Waals surface area contributed by atoms with Crippen molar-refractivity contribution in [3.05, 3.63) is 35.9 Å². The number of thioether (sulfide) groups is 1. The molecular weight excluding hydrogens is 302 g/mol. The van der Waals surface area contributed by atoms with Gasteiger partial charge in [0.1, 0.15) is 0 Å². The van der Waals surface area contributed by atoms with E-state index in [2.05, 4.69) is 5.32 Å². The quantitative estimate of drug-likeness (QED) is 0.645. The van der Waals surface area contributed by atoms with Crippen LogP contribution in [0, 0.1) is 5.92 Å². The number of aliphatic carboxylic acids is 1. The Hall–Kier alpha value is -1.82. The molecule has 1 unspecified atom stereocenters. The zero-order valence-corrected chi connectivity index (χ0v) is 13.4. The number of Topliss-reactive ketones (excluding diaryl/α,β-unsaturated/α-hetero) is 1. The second-order valence-electron chi connectivity index (χ2n) is 4.91. The Bertz CT molecular complexity index is 504. The molecule has 22 heavy (non-hydrogen) atoms. The summed E-state index contributed by atoms with van der Waals surface area (Å²) in [4.78, 5) is 34.5. The molecule has 5 nitrogen and oxygen atoms in total. The van der Waals surface area contributed by atoms with Crippen LogP contribution in [0.15, 0.2) is 30.3 Å². The Morgan fingerprint density at radius 3 is 2.45 bits per heavy atom. The van der Waals surface area contributed by atoms with Crippen LogP contribution in [0.2, 0.25) is 0 Å². The molecule has 0 fully saturated rings. The monoisotopic (exact) mass is 323 g/mol. The molecular formula is C16H21NO4S. The van der Waals surface area contributed by atoms with Gasteiger partial charge in [0.15, 0.2) is 5.78 Å². The van der Waals surface area contributed by atoms with Gasteiger partial charge >= 0.3 is 5.97 Å². The average Bonchev–Trinajstić information content (AvgIpc) is 2.51. The minimum absolute atomic E-state index is 0.0206. The van der Waals surface area contributed by atoms with Crippen molar-refractivity contribution in [3.63, 3.8) is 0 Å². The summed E-state index contributed by atoms with van der Waals surface area (Å²) in [6, 6.07) is 8.91. The highest BCUT2D eigenvalue weighted by atomic mass is 32.2. The summed E-state index contributed by atoms with van der Waals surface area (Å²) < 4.78 is 0. The summed E-state index contributed by atoms with van der Waals surface area (Å²) in [6.07, 6.45) is 1.29. The minimum atomic E-state index is -0.894. The Labute approximate surface area is 134 Å². The van der Waals surface area contributed by atoms with E-state index in [1.54, 1.807) is 24.3 Å². The fourth-order valence-corrected chi connectivity index (χ4v) is 2.63. The largest absolute Gasteiger partial charge is 0.481 e. The molecule has 0 aromatic heterocycles. The molecule has 0 saturated heterocycles. The van der Waals surface area contributed by atoms with Gasteiger partial charge in [-0.3, -0.25) is 14.4 Å². The lowest BCUT2D eigenvalue weighted by molar-refractivity contribution is -0.141. The molecule has 1 aromatic rings. The van der Waals surface area contributed by atoms with E-state index in [0.29, 0.717) is 12.0 Å². The smallest absolute Gasteiger partial charge is 0.308 e. The number of carboxylic acids is 1. The van der Waals surface area contributed by atoms with Gasteiger partial charge in [0, 0.05) is 12.1 Å². The third-order valence-corrected chi connectivity index (χ3v) is 4.03. The zero-order chi connectivity index (χ0) is 16.4. The summed E-state index contributed by atoms with van der Waals surface area (Å²) in [5.41, 5.74) is 0.629. The highest BCUT2D eigenvalue weighted by Gasteiger charge is 2.17. The van der Waals surface area contributed by atoms with E-state index in [-0.39, 0.29) is 29.7 Å². The van der Waals surface area contributed by atoms with Crippen molar-refractivity contribution in [3.8, 4) is 0 Å². The molecule has 0 saturated carbocycles. The lowest BCUT2D eigenvalue weighted by atomic mass is 10.0. The fourth-order valence-electron chi connectivity index (χ4n) is 1.89. The van der Waals surface area contributed by atoms with Crippen LogP contribution in [0.25, 0.3) is 0 Å². The Kier molecular flexibility index (Phi) is 8.28. The van der Waals surface area contributed by atoms with Crippen LogP contribution in [-0.2, 0) is 9.59 Å². The zero-order valence-electron chi connectivity index (χ0n) is 12.6. The molecule has 1 amide bonds. The van der Waals surface area contributed by atoms with Crippen molar-refractivity contribution in [1.82, 2.24) is 5.32 Å². The predicted octanol–water partition coefficient (Wildman–Crippen LogP) is 2.22. The molecule has 0 radical (unpaired) electrons. The molecule has 0 aliphatic carbocycles. The highest BCUT2D eigenvalue weighted by Crippen LogP contribution is 2.08. The van der Waals surface area contributed by atoms with Gasteiger partial charge < -0.3 is 10.4 Å². The number of carbonyl (C=O) groups is 3. The third-order valence-electron chi connectivity index (χ3n) is 3.09. The number of carboxylic acid groups (broad SMARTS) is 1. The van der Waals surface area contributed by atoms with Gasteiger partial charge in [-0.15, -0.1) is 11.8 Å². The van der Waals surface area contributed by atoms with Crippen LogP contribution in [0.4, 0.5) is 0 Å². The van der Waals surface area contributed by atoms with Crippen LogP contribution < -0.4 is 5.32 Å². The average molecular weight is 323 g/mol. The first-order valence-electron chi connectivity index (χ1n) is 7.20. The topological polar surface area (TPSA) is 83.5 Å². The van der Waals surface area contributed by atoms with Crippen LogP contribution in [0.1, 0.15) is 30.1 Å². The van der Waals surface area contributed by atoms with Crippen molar-refractivity contribution in [2.24, 2.45) is 5.92 Å². The summed E-state index contributed by atoms with van der Waals surface area (Å²) in [5, 5.41) is 11.6. The van der Waals surface area contributed by atoms with Crippen molar-refractivity contribution in [2.45, 2.75) is 19.8 Å². The Balaban J connectivity index is 2.26. The van der Waals surface area contributed by atoms with Crippen LogP contribution in [0.5, 0.6) is 0 Å². The van der Waals surface area contributed by atoms with Crippen LogP contribution in [-0.4, -0.2) is 40.8 Å². The van der Waals surface area contributed by atoms with Crippen molar-refractivity contribution >= 4 is 29.4 Å². The summed E-state index contributed by atoms with van der Waals surface area (Å²) in [5.74, 6) is -1.33. The number of ketones is 1. The second-order valence-corrected chi connectivity index (χ2v) is 5.90. The van der Waals surface area contributed by atoms with E-state index < -0.39 is 11.9 Å². The van der Waals surface area contributed by atoms with Gasteiger partial charge in [-0.1, -0.05) is 43.7 Å². The van der Waals surface area contributed by atoms with E-state index >= 15 is 0 Å². The van der Waals surface area contributed by atoms with E-state index in [4.69, 9.17) is 5.11 Å². The summed E-state index contributed by atoms with van der Waals surface area (Å²) >= 11 is 1.23. The van der Waals surface area contributed by atoms with E-state index in [1.807, 2.05) is 13.0 Å². The third kappa shape index (κ3) is 6.76. The number of carbonyl (C=O) groups excluding carboxylic acids is 2. The molecule has 2 N–H and O–H groups in total. The standard InChI is InChI=1S/C16H21NO4S/c1-2-6-13(16(20)21)9-17-15(19)11-22-10-14(18)12-7-4-3-5-8-12/h3-5,7-8,13H,2,6,9-11H2,1H3,(H,17,19)(H,20,21). The van der Waals surface area contributed by atoms with Crippen LogP contribution >= 0.6 is 11.8 Å². The second kappa shape index (κ2) is 10.00. The number of hydrogen-bond donors (Lipinski definition) is 2. The van der Waals surface area contributed by atoms with Crippen molar-refractivity contribution in [1.29, 1.82) is 0 Å². The number of nitrogens with one attached hydrogen (secondary N) is 1. The van der Waals surface area contributed by atoms with Crippen LogP contribution in [0.3, 0.4) is 0 Å².